The molecule has 1 fully saturated rings. The average Bonchev–Trinajstić information content (AvgIpc) is 3.09. The van der Waals surface area contributed by atoms with Crippen LogP contribution in [-0.2, 0) is 27.5 Å². The third kappa shape index (κ3) is 4.22. The lowest BCUT2D eigenvalue weighted by Gasteiger charge is -2.18. The molecule has 2 heterocycles. The van der Waals surface area contributed by atoms with Crippen LogP contribution in [0.1, 0.15) is 36.0 Å². The molecule has 26 heavy (non-hydrogen) atoms. The number of rotatable bonds is 5. The van der Waals surface area contributed by atoms with Gasteiger partial charge in [-0.05, 0) is 25.0 Å². The lowest BCUT2D eigenvalue weighted by molar-refractivity contribution is -0.139. The van der Waals surface area contributed by atoms with Crippen molar-refractivity contribution in [2.45, 2.75) is 36.4 Å². The average molecular weight is 391 g/mol. The number of ether oxygens (including phenoxy) is 1. The van der Waals surface area contributed by atoms with E-state index in [0.717, 1.165) is 25.0 Å². The standard InChI is InChI=1S/C15H16F3N3O4S/c16-15(17,18)11-3-1-2-4-12(11)26(22,23)19-9-13-20-14(21-25-13)10-5-7-24-8-6-10/h1-4,10,19H,5-9H2. The van der Waals surface area contributed by atoms with E-state index in [1.165, 1.54) is 6.07 Å². The summed E-state index contributed by atoms with van der Waals surface area (Å²) in [6, 6.07) is 3.96. The van der Waals surface area contributed by atoms with Gasteiger partial charge in [0.05, 0.1) is 17.0 Å². The molecule has 0 radical (unpaired) electrons. The molecular weight excluding hydrogens is 375 g/mol. The summed E-state index contributed by atoms with van der Waals surface area (Å²) in [6.07, 6.45) is -3.33. The normalized spacial score (nSPS) is 16.7. The Kier molecular flexibility index (Phi) is 5.30. The van der Waals surface area contributed by atoms with Crippen LogP contribution in [0.5, 0.6) is 0 Å². The number of nitrogens with one attached hydrogen (secondary N) is 1. The molecule has 1 saturated heterocycles. The SMILES string of the molecule is O=S(=O)(NCc1nc(C2CCOCC2)no1)c1ccccc1C(F)(F)F. The first kappa shape index (κ1) is 18.8. The summed E-state index contributed by atoms with van der Waals surface area (Å²) in [5.74, 6) is 0.488. The van der Waals surface area contributed by atoms with E-state index in [1.54, 1.807) is 0 Å². The molecule has 1 aliphatic rings. The summed E-state index contributed by atoms with van der Waals surface area (Å²) in [5.41, 5.74) is -1.24. The maximum absolute atomic E-state index is 13.0. The van der Waals surface area contributed by atoms with Gasteiger partial charge in [-0.3, -0.25) is 0 Å². The van der Waals surface area contributed by atoms with E-state index in [4.69, 9.17) is 9.26 Å². The van der Waals surface area contributed by atoms with Crippen molar-refractivity contribution in [3.05, 3.63) is 41.5 Å². The van der Waals surface area contributed by atoms with Gasteiger partial charge in [0.2, 0.25) is 15.9 Å². The van der Waals surface area contributed by atoms with Crippen LogP contribution in [0.4, 0.5) is 13.2 Å². The van der Waals surface area contributed by atoms with Crippen LogP contribution in [0.3, 0.4) is 0 Å². The monoisotopic (exact) mass is 391 g/mol. The highest BCUT2D eigenvalue weighted by Gasteiger charge is 2.36. The molecule has 0 unspecified atom stereocenters. The number of halogens is 3. The molecule has 0 saturated carbocycles. The van der Waals surface area contributed by atoms with Crippen molar-refractivity contribution in [2.24, 2.45) is 0 Å². The number of alkyl halides is 3. The third-order valence-electron chi connectivity index (χ3n) is 3.97. The van der Waals surface area contributed by atoms with E-state index in [2.05, 4.69) is 14.9 Å². The van der Waals surface area contributed by atoms with E-state index >= 15 is 0 Å². The smallest absolute Gasteiger partial charge is 0.381 e. The van der Waals surface area contributed by atoms with Gasteiger partial charge in [0.1, 0.15) is 0 Å². The lowest BCUT2D eigenvalue weighted by Crippen LogP contribution is -2.26. The maximum atomic E-state index is 13.0. The van der Waals surface area contributed by atoms with Crippen molar-refractivity contribution in [2.75, 3.05) is 13.2 Å². The summed E-state index contributed by atoms with van der Waals surface area (Å²) in [4.78, 5) is 3.27. The van der Waals surface area contributed by atoms with E-state index in [0.29, 0.717) is 25.1 Å². The highest BCUT2D eigenvalue weighted by molar-refractivity contribution is 7.89. The van der Waals surface area contributed by atoms with Gasteiger partial charge in [-0.15, -0.1) is 0 Å². The van der Waals surface area contributed by atoms with Crippen molar-refractivity contribution in [3.8, 4) is 0 Å². The number of hydrogen-bond acceptors (Lipinski definition) is 6. The fraction of sp³-hybridized carbons (Fsp3) is 0.467. The van der Waals surface area contributed by atoms with Gasteiger partial charge < -0.3 is 9.26 Å². The Labute approximate surface area is 147 Å². The summed E-state index contributed by atoms with van der Waals surface area (Å²) in [7, 11) is -4.41. The number of aromatic nitrogens is 2. The minimum atomic E-state index is -4.79. The molecule has 0 aliphatic carbocycles. The molecule has 142 valence electrons. The number of benzene rings is 1. The molecular formula is C15H16F3N3O4S. The van der Waals surface area contributed by atoms with Crippen molar-refractivity contribution >= 4 is 10.0 Å². The Morgan fingerprint density at radius 1 is 1.19 bits per heavy atom. The topological polar surface area (TPSA) is 94.3 Å². The molecule has 0 atom stereocenters. The predicted molar refractivity (Wildman–Crippen MR) is 82.6 cm³/mol. The Balaban J connectivity index is 1.73. The number of nitrogens with zero attached hydrogens (tertiary/aromatic N) is 2. The highest BCUT2D eigenvalue weighted by atomic mass is 32.2. The fourth-order valence-corrected chi connectivity index (χ4v) is 3.83. The van der Waals surface area contributed by atoms with Gasteiger partial charge in [-0.1, -0.05) is 17.3 Å². The summed E-state index contributed by atoms with van der Waals surface area (Å²) < 4.78 is 75.9. The first-order valence-electron chi connectivity index (χ1n) is 7.83. The number of hydrogen-bond donors (Lipinski definition) is 1. The maximum Gasteiger partial charge on any atom is 0.417 e. The van der Waals surface area contributed by atoms with E-state index in [-0.39, 0.29) is 11.8 Å². The van der Waals surface area contributed by atoms with E-state index < -0.39 is 33.2 Å². The zero-order chi connectivity index (χ0) is 18.8. The van der Waals surface area contributed by atoms with Gasteiger partial charge in [-0.2, -0.15) is 18.2 Å². The second-order valence-corrected chi connectivity index (χ2v) is 7.49. The van der Waals surface area contributed by atoms with Crippen LogP contribution < -0.4 is 4.72 Å². The highest BCUT2D eigenvalue weighted by Crippen LogP contribution is 2.33. The number of sulfonamides is 1. The van der Waals surface area contributed by atoms with Gasteiger partial charge in [0.25, 0.3) is 0 Å². The van der Waals surface area contributed by atoms with Crippen LogP contribution in [0, 0.1) is 0 Å². The quantitative estimate of drug-likeness (QED) is 0.842. The van der Waals surface area contributed by atoms with Crippen LogP contribution in [0.2, 0.25) is 0 Å². The molecule has 0 spiro atoms. The zero-order valence-corrected chi connectivity index (χ0v) is 14.3. The molecule has 2 aromatic rings. The van der Waals surface area contributed by atoms with E-state index in [9.17, 15) is 21.6 Å². The second-order valence-electron chi connectivity index (χ2n) is 5.75. The molecule has 1 aromatic heterocycles. The Hall–Kier alpha value is -1.98. The van der Waals surface area contributed by atoms with Crippen LogP contribution in [0.25, 0.3) is 0 Å². The third-order valence-corrected chi connectivity index (χ3v) is 5.43. The zero-order valence-electron chi connectivity index (χ0n) is 13.5. The van der Waals surface area contributed by atoms with E-state index in [1.807, 2.05) is 0 Å². The fourth-order valence-electron chi connectivity index (χ4n) is 2.63. The largest absolute Gasteiger partial charge is 0.417 e. The Morgan fingerprint density at radius 3 is 2.58 bits per heavy atom. The summed E-state index contributed by atoms with van der Waals surface area (Å²) in [5, 5.41) is 3.81. The van der Waals surface area contributed by atoms with Gasteiger partial charge in [0.15, 0.2) is 5.82 Å². The molecule has 1 N–H and O–H groups in total. The molecule has 1 aliphatic heterocycles. The van der Waals surface area contributed by atoms with Gasteiger partial charge in [-0.25, -0.2) is 13.1 Å². The Bertz CT molecular complexity index is 861. The molecule has 7 nitrogen and oxygen atoms in total. The van der Waals surface area contributed by atoms with Crippen molar-refractivity contribution in [1.82, 2.24) is 14.9 Å². The molecule has 0 bridgehead atoms. The molecule has 11 heteroatoms. The van der Waals surface area contributed by atoms with Crippen LogP contribution >= 0.6 is 0 Å². The molecule has 3 rings (SSSR count). The minimum Gasteiger partial charge on any atom is -0.381 e. The van der Waals surface area contributed by atoms with Crippen LogP contribution in [0.15, 0.2) is 33.7 Å². The first-order chi connectivity index (χ1) is 12.3. The summed E-state index contributed by atoms with van der Waals surface area (Å²) in [6.45, 7) is 0.759. The lowest BCUT2D eigenvalue weighted by atomic mass is 10.00. The minimum absolute atomic E-state index is 0.0143. The second kappa shape index (κ2) is 7.33. The van der Waals surface area contributed by atoms with Crippen molar-refractivity contribution in [1.29, 1.82) is 0 Å². The van der Waals surface area contributed by atoms with Crippen LogP contribution in [-0.4, -0.2) is 31.8 Å². The van der Waals surface area contributed by atoms with Crippen molar-refractivity contribution < 1.29 is 30.8 Å². The first-order valence-corrected chi connectivity index (χ1v) is 9.32. The van der Waals surface area contributed by atoms with Gasteiger partial charge >= 0.3 is 6.18 Å². The Morgan fingerprint density at radius 2 is 1.88 bits per heavy atom. The molecule has 0 amide bonds. The van der Waals surface area contributed by atoms with Crippen molar-refractivity contribution in [3.63, 3.8) is 0 Å². The van der Waals surface area contributed by atoms with Gasteiger partial charge in [0, 0.05) is 19.1 Å². The molecule has 1 aromatic carbocycles. The predicted octanol–water partition coefficient (Wildman–Crippen LogP) is 2.46. The summed E-state index contributed by atoms with van der Waals surface area (Å²) >= 11 is 0.